The summed E-state index contributed by atoms with van der Waals surface area (Å²) in [6.45, 7) is 3.32. The van der Waals surface area contributed by atoms with Gasteiger partial charge in [0.05, 0.1) is 18.3 Å². The van der Waals surface area contributed by atoms with Crippen LogP contribution in [-0.2, 0) is 4.74 Å². The van der Waals surface area contributed by atoms with Gasteiger partial charge in [-0.15, -0.1) is 5.10 Å². The van der Waals surface area contributed by atoms with E-state index in [2.05, 4.69) is 20.9 Å². The monoisotopic (exact) mass is 321 g/mol. The van der Waals surface area contributed by atoms with E-state index >= 15 is 0 Å². The van der Waals surface area contributed by atoms with Crippen molar-refractivity contribution in [3.8, 4) is 0 Å². The van der Waals surface area contributed by atoms with Gasteiger partial charge in [0.15, 0.2) is 5.69 Å². The number of amides is 1. The SMILES string of the molecule is O=C(NCCCOC1CCCC1)c1cn(C2CCNCC2)nn1. The molecule has 1 aromatic heterocycles. The Morgan fingerprint density at radius 3 is 2.87 bits per heavy atom. The van der Waals surface area contributed by atoms with Gasteiger partial charge in [-0.2, -0.15) is 0 Å². The second kappa shape index (κ2) is 8.40. The molecular weight excluding hydrogens is 294 g/mol. The lowest BCUT2D eigenvalue weighted by Gasteiger charge is -2.22. The minimum Gasteiger partial charge on any atom is -0.378 e. The summed E-state index contributed by atoms with van der Waals surface area (Å²) in [5.74, 6) is -0.147. The highest BCUT2D eigenvalue weighted by Gasteiger charge is 2.18. The van der Waals surface area contributed by atoms with Crippen LogP contribution in [-0.4, -0.2) is 53.2 Å². The summed E-state index contributed by atoms with van der Waals surface area (Å²) in [6, 6.07) is 0.352. The van der Waals surface area contributed by atoms with Crippen LogP contribution in [0.1, 0.15) is 61.5 Å². The van der Waals surface area contributed by atoms with Crippen LogP contribution in [0.25, 0.3) is 0 Å². The molecule has 7 heteroatoms. The molecule has 0 spiro atoms. The summed E-state index contributed by atoms with van der Waals surface area (Å²) < 4.78 is 7.62. The van der Waals surface area contributed by atoms with Crippen LogP contribution in [0.4, 0.5) is 0 Å². The number of hydrogen-bond donors (Lipinski definition) is 2. The van der Waals surface area contributed by atoms with Crippen molar-refractivity contribution in [1.29, 1.82) is 0 Å². The van der Waals surface area contributed by atoms with Gasteiger partial charge in [0.1, 0.15) is 0 Å². The van der Waals surface area contributed by atoms with Crippen molar-refractivity contribution >= 4 is 5.91 Å². The first-order valence-electron chi connectivity index (χ1n) is 8.85. The fourth-order valence-electron chi connectivity index (χ4n) is 3.30. The van der Waals surface area contributed by atoms with E-state index in [0.717, 1.165) is 32.4 Å². The second-order valence-electron chi connectivity index (χ2n) is 6.45. The van der Waals surface area contributed by atoms with Gasteiger partial charge in [0, 0.05) is 13.2 Å². The van der Waals surface area contributed by atoms with Gasteiger partial charge in [-0.25, -0.2) is 4.68 Å². The molecule has 1 amide bonds. The zero-order valence-corrected chi connectivity index (χ0v) is 13.7. The number of piperidine rings is 1. The number of nitrogens with zero attached hydrogens (tertiary/aromatic N) is 3. The van der Waals surface area contributed by atoms with E-state index in [1.807, 2.05) is 4.68 Å². The molecule has 1 aliphatic heterocycles. The Morgan fingerprint density at radius 1 is 1.30 bits per heavy atom. The molecule has 0 unspecified atom stereocenters. The average Bonchev–Trinajstić information content (AvgIpc) is 3.27. The predicted octanol–water partition coefficient (Wildman–Crippen LogP) is 1.28. The van der Waals surface area contributed by atoms with Crippen molar-refractivity contribution in [3.63, 3.8) is 0 Å². The maximum atomic E-state index is 12.1. The molecule has 23 heavy (non-hydrogen) atoms. The minimum atomic E-state index is -0.147. The van der Waals surface area contributed by atoms with Gasteiger partial charge in [-0.3, -0.25) is 4.79 Å². The van der Waals surface area contributed by atoms with Crippen LogP contribution >= 0.6 is 0 Å². The van der Waals surface area contributed by atoms with Gasteiger partial charge in [-0.05, 0) is 45.2 Å². The Hall–Kier alpha value is -1.47. The molecule has 2 aliphatic rings. The van der Waals surface area contributed by atoms with E-state index in [1.54, 1.807) is 6.20 Å². The molecular formula is C16H27N5O2. The number of nitrogens with one attached hydrogen (secondary N) is 2. The average molecular weight is 321 g/mol. The first-order valence-corrected chi connectivity index (χ1v) is 8.85. The summed E-state index contributed by atoms with van der Waals surface area (Å²) >= 11 is 0. The van der Waals surface area contributed by atoms with Crippen LogP contribution in [0, 0.1) is 0 Å². The zero-order valence-electron chi connectivity index (χ0n) is 13.7. The Morgan fingerprint density at radius 2 is 2.09 bits per heavy atom. The lowest BCUT2D eigenvalue weighted by molar-refractivity contribution is 0.0565. The molecule has 3 rings (SSSR count). The second-order valence-corrected chi connectivity index (χ2v) is 6.45. The highest BCUT2D eigenvalue weighted by molar-refractivity contribution is 5.91. The summed E-state index contributed by atoms with van der Waals surface area (Å²) in [5.41, 5.74) is 0.403. The summed E-state index contributed by atoms with van der Waals surface area (Å²) in [4.78, 5) is 12.1. The number of aromatic nitrogens is 3. The molecule has 2 heterocycles. The van der Waals surface area contributed by atoms with Gasteiger partial charge >= 0.3 is 0 Å². The molecule has 2 fully saturated rings. The van der Waals surface area contributed by atoms with E-state index in [-0.39, 0.29) is 5.91 Å². The van der Waals surface area contributed by atoms with E-state index in [9.17, 15) is 4.79 Å². The van der Waals surface area contributed by atoms with Crippen LogP contribution in [0.5, 0.6) is 0 Å². The van der Waals surface area contributed by atoms with Gasteiger partial charge in [0.2, 0.25) is 0 Å². The number of ether oxygens (including phenoxy) is 1. The predicted molar refractivity (Wildman–Crippen MR) is 86.3 cm³/mol. The topological polar surface area (TPSA) is 81.1 Å². The smallest absolute Gasteiger partial charge is 0.273 e. The van der Waals surface area contributed by atoms with Crippen molar-refractivity contribution in [2.75, 3.05) is 26.2 Å². The Balaban J connectivity index is 1.35. The maximum absolute atomic E-state index is 12.1. The zero-order chi connectivity index (χ0) is 15.9. The first kappa shape index (κ1) is 16.4. The lowest BCUT2D eigenvalue weighted by Crippen LogP contribution is -2.29. The largest absolute Gasteiger partial charge is 0.378 e. The molecule has 0 bridgehead atoms. The van der Waals surface area contributed by atoms with E-state index in [0.29, 0.717) is 31.0 Å². The quantitative estimate of drug-likeness (QED) is 0.740. The van der Waals surface area contributed by atoms with Gasteiger partial charge < -0.3 is 15.4 Å². The highest BCUT2D eigenvalue weighted by Crippen LogP contribution is 2.20. The third-order valence-corrected chi connectivity index (χ3v) is 4.69. The molecule has 7 nitrogen and oxygen atoms in total. The third kappa shape index (κ3) is 4.75. The molecule has 0 atom stereocenters. The Labute approximate surface area is 137 Å². The Kier molecular flexibility index (Phi) is 5.99. The van der Waals surface area contributed by atoms with E-state index < -0.39 is 0 Å². The van der Waals surface area contributed by atoms with Crippen LogP contribution in [0.15, 0.2) is 6.20 Å². The van der Waals surface area contributed by atoms with E-state index in [4.69, 9.17) is 4.74 Å². The Bertz CT molecular complexity index is 492. The molecule has 128 valence electrons. The number of carbonyl (C=O) groups excluding carboxylic acids is 1. The van der Waals surface area contributed by atoms with Gasteiger partial charge in [-0.1, -0.05) is 18.1 Å². The summed E-state index contributed by atoms with van der Waals surface area (Å²) in [7, 11) is 0. The number of hydrogen-bond acceptors (Lipinski definition) is 5. The van der Waals surface area contributed by atoms with Crippen LogP contribution in [0.2, 0.25) is 0 Å². The lowest BCUT2D eigenvalue weighted by atomic mass is 10.1. The molecule has 1 saturated carbocycles. The van der Waals surface area contributed by atoms with Crippen molar-refractivity contribution < 1.29 is 9.53 Å². The normalized spacial score (nSPS) is 20.0. The molecule has 0 aromatic carbocycles. The molecule has 1 saturated heterocycles. The van der Waals surface area contributed by atoms with Crippen molar-refractivity contribution in [2.45, 2.75) is 57.1 Å². The van der Waals surface area contributed by atoms with Crippen molar-refractivity contribution in [1.82, 2.24) is 25.6 Å². The van der Waals surface area contributed by atoms with Crippen molar-refractivity contribution in [2.24, 2.45) is 0 Å². The molecule has 0 radical (unpaired) electrons. The standard InChI is InChI=1S/C16H27N5O2/c22-16(18-8-3-11-23-14-4-1-2-5-14)15-12-21(20-19-15)13-6-9-17-10-7-13/h12-14,17H,1-11H2,(H,18,22). The molecule has 1 aliphatic carbocycles. The van der Waals surface area contributed by atoms with Crippen LogP contribution < -0.4 is 10.6 Å². The van der Waals surface area contributed by atoms with E-state index in [1.165, 1.54) is 25.7 Å². The summed E-state index contributed by atoms with van der Waals surface area (Å²) in [5, 5.41) is 14.3. The molecule has 2 N–H and O–H groups in total. The highest BCUT2D eigenvalue weighted by atomic mass is 16.5. The first-order chi connectivity index (χ1) is 11.3. The third-order valence-electron chi connectivity index (χ3n) is 4.69. The van der Waals surface area contributed by atoms with Gasteiger partial charge in [0.25, 0.3) is 5.91 Å². The number of rotatable bonds is 7. The molecule has 1 aromatic rings. The maximum Gasteiger partial charge on any atom is 0.273 e. The fourth-order valence-corrected chi connectivity index (χ4v) is 3.30. The fraction of sp³-hybridized carbons (Fsp3) is 0.812. The number of carbonyl (C=O) groups is 1. The minimum absolute atomic E-state index is 0.147. The summed E-state index contributed by atoms with van der Waals surface area (Å²) in [6.07, 6.45) is 10.0. The van der Waals surface area contributed by atoms with Crippen molar-refractivity contribution in [3.05, 3.63) is 11.9 Å². The van der Waals surface area contributed by atoms with Crippen LogP contribution in [0.3, 0.4) is 0 Å².